The lowest BCUT2D eigenvalue weighted by atomic mass is 10.1. The molecule has 0 atom stereocenters. The van der Waals surface area contributed by atoms with E-state index in [1.807, 2.05) is 20.9 Å². The van der Waals surface area contributed by atoms with Gasteiger partial charge in [0, 0.05) is 19.7 Å². The van der Waals surface area contributed by atoms with Crippen molar-refractivity contribution in [1.82, 2.24) is 19.8 Å². The highest BCUT2D eigenvalue weighted by molar-refractivity contribution is 5.95. The molecular weight excluding hydrogens is 268 g/mol. The molecule has 2 aromatic heterocycles. The molecule has 0 aromatic carbocycles. The standard InChI is InChI=1S/C15H22N4O2/c1-6-7-14-12(8-16-19(14)5)15(20)18(4)9-13-10(2)17-21-11(13)3/h8H,6-7,9H2,1-5H3. The predicted octanol–water partition coefficient (Wildman–Crippen LogP) is 2.25. The van der Waals surface area contributed by atoms with Gasteiger partial charge in [0.2, 0.25) is 0 Å². The molecule has 0 spiro atoms. The van der Waals surface area contributed by atoms with Gasteiger partial charge in [-0.25, -0.2) is 0 Å². The molecule has 0 saturated carbocycles. The van der Waals surface area contributed by atoms with E-state index in [0.29, 0.717) is 12.1 Å². The molecule has 0 aliphatic carbocycles. The summed E-state index contributed by atoms with van der Waals surface area (Å²) in [6, 6.07) is 0. The fourth-order valence-corrected chi connectivity index (χ4v) is 2.42. The van der Waals surface area contributed by atoms with Crippen molar-refractivity contribution in [3.63, 3.8) is 0 Å². The second-order valence-electron chi connectivity index (χ2n) is 5.34. The SMILES string of the molecule is CCCc1c(C(=O)N(C)Cc2c(C)noc2C)cnn1C. The fraction of sp³-hybridized carbons (Fsp3) is 0.533. The van der Waals surface area contributed by atoms with Crippen LogP contribution in [0.5, 0.6) is 0 Å². The molecule has 114 valence electrons. The molecular formula is C15H22N4O2. The molecule has 2 rings (SSSR count). The molecule has 0 aliphatic heterocycles. The largest absolute Gasteiger partial charge is 0.361 e. The maximum absolute atomic E-state index is 12.6. The number of amides is 1. The summed E-state index contributed by atoms with van der Waals surface area (Å²) < 4.78 is 6.92. The first kappa shape index (κ1) is 15.3. The van der Waals surface area contributed by atoms with Gasteiger partial charge in [-0.05, 0) is 20.3 Å². The molecule has 21 heavy (non-hydrogen) atoms. The van der Waals surface area contributed by atoms with Gasteiger partial charge in [0.1, 0.15) is 5.76 Å². The molecule has 0 N–H and O–H groups in total. The third-order valence-electron chi connectivity index (χ3n) is 3.70. The number of hydrogen-bond donors (Lipinski definition) is 0. The smallest absolute Gasteiger partial charge is 0.257 e. The Morgan fingerprint density at radius 1 is 1.43 bits per heavy atom. The van der Waals surface area contributed by atoms with Gasteiger partial charge in [-0.2, -0.15) is 5.10 Å². The van der Waals surface area contributed by atoms with Crippen LogP contribution < -0.4 is 0 Å². The molecule has 0 aliphatic rings. The minimum atomic E-state index is -0.0217. The first-order valence-corrected chi connectivity index (χ1v) is 7.13. The second kappa shape index (κ2) is 6.11. The summed E-state index contributed by atoms with van der Waals surface area (Å²) >= 11 is 0. The Morgan fingerprint density at radius 3 is 2.71 bits per heavy atom. The number of nitrogens with zero attached hydrogens (tertiary/aromatic N) is 4. The van der Waals surface area contributed by atoms with Crippen molar-refractivity contribution in [3.8, 4) is 0 Å². The zero-order valence-electron chi connectivity index (χ0n) is 13.3. The van der Waals surface area contributed by atoms with Crippen LogP contribution in [-0.4, -0.2) is 32.8 Å². The lowest BCUT2D eigenvalue weighted by Gasteiger charge is -2.17. The van der Waals surface area contributed by atoms with E-state index in [4.69, 9.17) is 4.52 Å². The first-order chi connectivity index (χ1) is 9.95. The van der Waals surface area contributed by atoms with Gasteiger partial charge in [-0.1, -0.05) is 18.5 Å². The van der Waals surface area contributed by atoms with Crippen LogP contribution in [0.15, 0.2) is 10.7 Å². The van der Waals surface area contributed by atoms with Gasteiger partial charge < -0.3 is 9.42 Å². The van der Waals surface area contributed by atoms with E-state index in [2.05, 4.69) is 17.2 Å². The van der Waals surface area contributed by atoms with E-state index >= 15 is 0 Å². The van der Waals surface area contributed by atoms with Crippen LogP contribution in [0.3, 0.4) is 0 Å². The van der Waals surface area contributed by atoms with E-state index in [1.54, 1.807) is 22.8 Å². The summed E-state index contributed by atoms with van der Waals surface area (Å²) in [5.41, 5.74) is 3.45. The quantitative estimate of drug-likeness (QED) is 0.847. The van der Waals surface area contributed by atoms with Crippen molar-refractivity contribution < 1.29 is 9.32 Å². The van der Waals surface area contributed by atoms with Gasteiger partial charge in [0.05, 0.1) is 29.7 Å². The van der Waals surface area contributed by atoms with E-state index in [0.717, 1.165) is 35.6 Å². The van der Waals surface area contributed by atoms with Crippen molar-refractivity contribution in [3.05, 3.63) is 34.5 Å². The van der Waals surface area contributed by atoms with Crippen LogP contribution in [0, 0.1) is 13.8 Å². The average molecular weight is 290 g/mol. The lowest BCUT2D eigenvalue weighted by molar-refractivity contribution is 0.0783. The summed E-state index contributed by atoms with van der Waals surface area (Å²) in [6.07, 6.45) is 3.47. The number of carbonyl (C=O) groups excluding carboxylic acids is 1. The van der Waals surface area contributed by atoms with Crippen LogP contribution in [0.2, 0.25) is 0 Å². The van der Waals surface area contributed by atoms with Crippen molar-refractivity contribution in [2.24, 2.45) is 7.05 Å². The highest BCUT2D eigenvalue weighted by Gasteiger charge is 2.21. The third kappa shape index (κ3) is 2.99. The van der Waals surface area contributed by atoms with Crippen molar-refractivity contribution in [2.45, 2.75) is 40.2 Å². The van der Waals surface area contributed by atoms with Gasteiger partial charge in [-0.15, -0.1) is 0 Å². The maximum atomic E-state index is 12.6. The Hall–Kier alpha value is -2.11. The Bertz CT molecular complexity index is 623. The molecule has 0 fully saturated rings. The van der Waals surface area contributed by atoms with E-state index in [9.17, 15) is 4.79 Å². The number of aromatic nitrogens is 3. The molecule has 2 heterocycles. The minimum Gasteiger partial charge on any atom is -0.361 e. The van der Waals surface area contributed by atoms with Gasteiger partial charge in [0.15, 0.2) is 0 Å². The Labute approximate surface area is 124 Å². The highest BCUT2D eigenvalue weighted by atomic mass is 16.5. The minimum absolute atomic E-state index is 0.0217. The Morgan fingerprint density at radius 2 is 2.14 bits per heavy atom. The van der Waals surface area contributed by atoms with E-state index in [1.165, 1.54) is 0 Å². The zero-order chi connectivity index (χ0) is 15.6. The third-order valence-corrected chi connectivity index (χ3v) is 3.70. The fourth-order valence-electron chi connectivity index (χ4n) is 2.42. The van der Waals surface area contributed by atoms with Gasteiger partial charge in [0.25, 0.3) is 5.91 Å². The number of carbonyl (C=O) groups is 1. The van der Waals surface area contributed by atoms with Crippen LogP contribution in [0.4, 0.5) is 0 Å². The molecule has 6 heteroatoms. The monoisotopic (exact) mass is 290 g/mol. The molecule has 0 radical (unpaired) electrons. The van der Waals surface area contributed by atoms with Crippen LogP contribution >= 0.6 is 0 Å². The van der Waals surface area contributed by atoms with E-state index < -0.39 is 0 Å². The summed E-state index contributed by atoms with van der Waals surface area (Å²) in [5, 5.41) is 8.13. The van der Waals surface area contributed by atoms with E-state index in [-0.39, 0.29) is 5.91 Å². The summed E-state index contributed by atoms with van der Waals surface area (Å²) in [7, 11) is 3.66. The highest BCUT2D eigenvalue weighted by Crippen LogP contribution is 2.17. The van der Waals surface area contributed by atoms with Crippen molar-refractivity contribution in [2.75, 3.05) is 7.05 Å². The maximum Gasteiger partial charge on any atom is 0.257 e. The second-order valence-corrected chi connectivity index (χ2v) is 5.34. The molecule has 1 amide bonds. The molecule has 0 unspecified atom stereocenters. The lowest BCUT2D eigenvalue weighted by Crippen LogP contribution is -2.27. The van der Waals surface area contributed by atoms with Crippen molar-refractivity contribution in [1.29, 1.82) is 0 Å². The topological polar surface area (TPSA) is 64.2 Å². The van der Waals surface area contributed by atoms with Crippen LogP contribution in [0.25, 0.3) is 0 Å². The molecule has 2 aromatic rings. The Kier molecular flexibility index (Phi) is 4.45. The van der Waals surface area contributed by atoms with Gasteiger partial charge in [-0.3, -0.25) is 9.48 Å². The number of hydrogen-bond acceptors (Lipinski definition) is 4. The predicted molar refractivity (Wildman–Crippen MR) is 79.0 cm³/mol. The molecule has 6 nitrogen and oxygen atoms in total. The summed E-state index contributed by atoms with van der Waals surface area (Å²) in [6.45, 7) is 6.33. The normalized spacial score (nSPS) is 10.9. The first-order valence-electron chi connectivity index (χ1n) is 7.13. The van der Waals surface area contributed by atoms with Gasteiger partial charge >= 0.3 is 0 Å². The van der Waals surface area contributed by atoms with Crippen molar-refractivity contribution >= 4 is 5.91 Å². The average Bonchev–Trinajstić information content (AvgIpc) is 2.96. The summed E-state index contributed by atoms with van der Waals surface area (Å²) in [4.78, 5) is 14.3. The molecule has 0 saturated heterocycles. The number of rotatable bonds is 5. The summed E-state index contributed by atoms with van der Waals surface area (Å²) in [5.74, 6) is 0.735. The van der Waals surface area contributed by atoms with Crippen LogP contribution in [0.1, 0.15) is 46.4 Å². The zero-order valence-corrected chi connectivity index (χ0v) is 13.3. The molecule has 0 bridgehead atoms. The van der Waals surface area contributed by atoms with Crippen LogP contribution in [-0.2, 0) is 20.0 Å². The Balaban J connectivity index is 2.20. The number of aryl methyl sites for hydroxylation is 3.